The zero-order valence-corrected chi connectivity index (χ0v) is 15.8. The molecule has 29 heavy (non-hydrogen) atoms. The van der Waals surface area contributed by atoms with Crippen LogP contribution in [0.15, 0.2) is 60.8 Å². The number of pyridine rings is 1. The van der Waals surface area contributed by atoms with E-state index in [2.05, 4.69) is 22.5 Å². The van der Waals surface area contributed by atoms with Crippen LogP contribution >= 0.6 is 0 Å². The number of benzene rings is 2. The van der Waals surface area contributed by atoms with Gasteiger partial charge in [-0.25, -0.2) is 0 Å². The summed E-state index contributed by atoms with van der Waals surface area (Å²) < 4.78 is 10.6. The van der Waals surface area contributed by atoms with Crippen molar-refractivity contribution in [2.75, 3.05) is 17.4 Å². The van der Waals surface area contributed by atoms with E-state index in [1.54, 1.807) is 24.3 Å². The van der Waals surface area contributed by atoms with Gasteiger partial charge in [-0.3, -0.25) is 14.6 Å². The zero-order valence-electron chi connectivity index (χ0n) is 15.8. The summed E-state index contributed by atoms with van der Waals surface area (Å²) in [7, 11) is 0. The van der Waals surface area contributed by atoms with E-state index in [4.69, 9.17) is 9.47 Å². The first-order chi connectivity index (χ1) is 14.1. The average molecular weight is 389 g/mol. The minimum atomic E-state index is -0.425. The second-order valence-corrected chi connectivity index (χ2v) is 6.46. The lowest BCUT2D eigenvalue weighted by Gasteiger charge is -2.08. The third-order valence-corrected chi connectivity index (χ3v) is 4.51. The first kappa shape index (κ1) is 18.5. The van der Waals surface area contributed by atoms with E-state index >= 15 is 0 Å². The highest BCUT2D eigenvalue weighted by Gasteiger charge is 2.16. The molecule has 0 fully saturated rings. The molecule has 7 nitrogen and oxygen atoms in total. The summed E-state index contributed by atoms with van der Waals surface area (Å²) in [5, 5.41) is 5.57. The van der Waals surface area contributed by atoms with Gasteiger partial charge < -0.3 is 20.1 Å². The van der Waals surface area contributed by atoms with Crippen LogP contribution in [0.1, 0.15) is 33.3 Å². The van der Waals surface area contributed by atoms with Crippen LogP contribution in [0.4, 0.5) is 11.4 Å². The van der Waals surface area contributed by atoms with Crippen LogP contribution in [0, 0.1) is 0 Å². The van der Waals surface area contributed by atoms with Crippen molar-refractivity contribution in [2.24, 2.45) is 0 Å². The fourth-order valence-corrected chi connectivity index (χ4v) is 2.89. The summed E-state index contributed by atoms with van der Waals surface area (Å²) >= 11 is 0. The molecule has 1 aliphatic rings. The highest BCUT2D eigenvalue weighted by atomic mass is 16.7. The SMILES string of the molecule is CCc1ccc(NC(=O)c2ccnc(C(=O)Nc3ccc4c(c3)OCO4)c2)cc1. The van der Waals surface area contributed by atoms with Gasteiger partial charge in [0.15, 0.2) is 11.5 Å². The second kappa shape index (κ2) is 8.02. The molecule has 0 atom stereocenters. The van der Waals surface area contributed by atoms with E-state index in [0.717, 1.165) is 6.42 Å². The first-order valence-corrected chi connectivity index (χ1v) is 9.20. The Morgan fingerprint density at radius 1 is 0.897 bits per heavy atom. The monoisotopic (exact) mass is 389 g/mol. The number of rotatable bonds is 5. The van der Waals surface area contributed by atoms with Gasteiger partial charge in [-0.1, -0.05) is 19.1 Å². The van der Waals surface area contributed by atoms with Gasteiger partial charge in [-0.15, -0.1) is 0 Å². The molecule has 0 saturated carbocycles. The maximum Gasteiger partial charge on any atom is 0.274 e. The molecule has 0 bridgehead atoms. The predicted molar refractivity (Wildman–Crippen MR) is 109 cm³/mol. The van der Waals surface area contributed by atoms with E-state index in [-0.39, 0.29) is 18.4 Å². The van der Waals surface area contributed by atoms with Gasteiger partial charge in [-0.05, 0) is 48.4 Å². The van der Waals surface area contributed by atoms with Gasteiger partial charge in [0.25, 0.3) is 11.8 Å². The minimum absolute atomic E-state index is 0.136. The molecule has 2 aromatic carbocycles. The maximum atomic E-state index is 12.5. The molecule has 3 aromatic rings. The normalized spacial score (nSPS) is 11.8. The summed E-state index contributed by atoms with van der Waals surface area (Å²) in [6.07, 6.45) is 2.37. The highest BCUT2D eigenvalue weighted by molar-refractivity contribution is 6.07. The number of carbonyl (C=O) groups excluding carboxylic acids is 2. The van der Waals surface area contributed by atoms with Crippen molar-refractivity contribution in [1.82, 2.24) is 4.98 Å². The standard InChI is InChI=1S/C22H19N3O4/c1-2-14-3-5-16(6-4-14)24-21(26)15-9-10-23-18(11-15)22(27)25-17-7-8-19-20(12-17)29-13-28-19/h3-12H,2,13H2,1H3,(H,24,26)(H,25,27). The number of fused-ring (bicyclic) bond motifs is 1. The summed E-state index contributed by atoms with van der Waals surface area (Å²) in [6.45, 7) is 2.23. The Morgan fingerprint density at radius 2 is 1.62 bits per heavy atom. The molecule has 2 heterocycles. The average Bonchev–Trinajstić information content (AvgIpc) is 3.22. The van der Waals surface area contributed by atoms with Gasteiger partial charge in [0.2, 0.25) is 6.79 Å². The Hall–Kier alpha value is -3.87. The third-order valence-electron chi connectivity index (χ3n) is 4.51. The molecule has 146 valence electrons. The molecule has 0 spiro atoms. The summed E-state index contributed by atoms with van der Waals surface area (Å²) in [5.74, 6) is 0.462. The van der Waals surface area contributed by atoms with Crippen molar-refractivity contribution >= 4 is 23.2 Å². The molecule has 2 amide bonds. The van der Waals surface area contributed by atoms with Gasteiger partial charge in [0, 0.05) is 29.2 Å². The van der Waals surface area contributed by atoms with E-state index in [1.165, 1.54) is 17.8 Å². The Kier molecular flexibility index (Phi) is 5.11. The number of anilines is 2. The fraction of sp³-hybridized carbons (Fsp3) is 0.136. The molecule has 4 rings (SSSR count). The Labute approximate surface area is 167 Å². The quantitative estimate of drug-likeness (QED) is 0.691. The number of nitrogens with zero attached hydrogens (tertiary/aromatic N) is 1. The molecule has 0 unspecified atom stereocenters. The molecular weight excluding hydrogens is 370 g/mol. The Morgan fingerprint density at radius 3 is 2.41 bits per heavy atom. The van der Waals surface area contributed by atoms with Crippen LogP contribution < -0.4 is 20.1 Å². The van der Waals surface area contributed by atoms with E-state index < -0.39 is 5.91 Å². The van der Waals surface area contributed by atoms with Crippen LogP contribution in [-0.2, 0) is 6.42 Å². The van der Waals surface area contributed by atoms with Crippen LogP contribution in [0.2, 0.25) is 0 Å². The van der Waals surface area contributed by atoms with Crippen molar-refractivity contribution in [1.29, 1.82) is 0 Å². The lowest BCUT2D eigenvalue weighted by Crippen LogP contribution is -2.17. The van der Waals surface area contributed by atoms with Crippen molar-refractivity contribution < 1.29 is 19.1 Å². The lowest BCUT2D eigenvalue weighted by atomic mass is 10.1. The number of aromatic nitrogens is 1. The molecule has 0 radical (unpaired) electrons. The van der Waals surface area contributed by atoms with Crippen molar-refractivity contribution in [3.05, 3.63) is 77.6 Å². The number of hydrogen-bond acceptors (Lipinski definition) is 5. The summed E-state index contributed by atoms with van der Waals surface area (Å²) in [4.78, 5) is 29.1. The second-order valence-electron chi connectivity index (χ2n) is 6.46. The van der Waals surface area contributed by atoms with E-state index in [9.17, 15) is 9.59 Å². The maximum absolute atomic E-state index is 12.5. The Bertz CT molecular complexity index is 1060. The van der Waals surface area contributed by atoms with Crippen LogP contribution in [-0.4, -0.2) is 23.6 Å². The number of amides is 2. The summed E-state index contributed by atoms with van der Waals surface area (Å²) in [6, 6.07) is 15.8. The van der Waals surface area contributed by atoms with Gasteiger partial charge in [0.1, 0.15) is 5.69 Å². The molecule has 0 saturated heterocycles. The number of aryl methyl sites for hydroxylation is 1. The molecule has 0 aliphatic carbocycles. The summed E-state index contributed by atoms with van der Waals surface area (Å²) in [5.41, 5.74) is 2.91. The third kappa shape index (κ3) is 4.19. The number of nitrogens with one attached hydrogen (secondary N) is 2. The van der Waals surface area contributed by atoms with Gasteiger partial charge in [0.05, 0.1) is 0 Å². The lowest BCUT2D eigenvalue weighted by molar-refractivity contribution is 0.102. The first-order valence-electron chi connectivity index (χ1n) is 9.20. The number of ether oxygens (including phenoxy) is 2. The number of hydrogen-bond donors (Lipinski definition) is 2. The minimum Gasteiger partial charge on any atom is -0.454 e. The van der Waals surface area contributed by atoms with E-state index in [1.807, 2.05) is 24.3 Å². The molecule has 1 aliphatic heterocycles. The predicted octanol–water partition coefficient (Wildman–Crippen LogP) is 3.88. The van der Waals surface area contributed by atoms with Gasteiger partial charge in [-0.2, -0.15) is 0 Å². The molecule has 1 aromatic heterocycles. The smallest absolute Gasteiger partial charge is 0.274 e. The van der Waals surface area contributed by atoms with Crippen molar-refractivity contribution in [3.8, 4) is 11.5 Å². The van der Waals surface area contributed by atoms with E-state index in [0.29, 0.717) is 28.4 Å². The van der Waals surface area contributed by atoms with Crippen LogP contribution in [0.5, 0.6) is 11.5 Å². The molecule has 7 heteroatoms. The van der Waals surface area contributed by atoms with Crippen molar-refractivity contribution in [3.63, 3.8) is 0 Å². The van der Waals surface area contributed by atoms with Crippen LogP contribution in [0.3, 0.4) is 0 Å². The number of carbonyl (C=O) groups is 2. The molecular formula is C22H19N3O4. The topological polar surface area (TPSA) is 89.6 Å². The van der Waals surface area contributed by atoms with Gasteiger partial charge >= 0.3 is 0 Å². The van der Waals surface area contributed by atoms with Crippen LogP contribution in [0.25, 0.3) is 0 Å². The Balaban J connectivity index is 1.45. The zero-order chi connectivity index (χ0) is 20.2. The molecule has 2 N–H and O–H groups in total. The largest absolute Gasteiger partial charge is 0.454 e. The highest BCUT2D eigenvalue weighted by Crippen LogP contribution is 2.34. The van der Waals surface area contributed by atoms with Crippen molar-refractivity contribution in [2.45, 2.75) is 13.3 Å². The fourth-order valence-electron chi connectivity index (χ4n) is 2.89.